The zero-order valence-electron chi connectivity index (χ0n) is 21.1. The van der Waals surface area contributed by atoms with E-state index in [1.165, 1.54) is 13.2 Å². The van der Waals surface area contributed by atoms with Crippen LogP contribution in [0, 0.1) is 5.82 Å². The van der Waals surface area contributed by atoms with Crippen molar-refractivity contribution in [2.75, 3.05) is 31.6 Å². The molecule has 1 saturated heterocycles. The van der Waals surface area contributed by atoms with Gasteiger partial charge in [-0.3, -0.25) is 4.79 Å². The van der Waals surface area contributed by atoms with Gasteiger partial charge in [0, 0.05) is 67.3 Å². The molecule has 2 atom stereocenters. The number of H-pyrrole nitrogens is 1. The number of carbonyl (C=O) groups excluding carboxylic acids is 1. The molecular formula is C29H31FN4O3. The lowest BCUT2D eigenvalue weighted by Crippen LogP contribution is -2.53. The van der Waals surface area contributed by atoms with Crippen molar-refractivity contribution in [1.82, 2.24) is 14.9 Å². The van der Waals surface area contributed by atoms with Crippen molar-refractivity contribution >= 4 is 33.5 Å². The highest BCUT2D eigenvalue weighted by Gasteiger charge is 2.35. The first-order valence-electron chi connectivity index (χ1n) is 12.9. The molecule has 0 radical (unpaired) electrons. The number of methoxy groups -OCH3 is 1. The Morgan fingerprint density at radius 3 is 2.86 bits per heavy atom. The number of benzene rings is 2. The molecule has 2 unspecified atom stereocenters. The van der Waals surface area contributed by atoms with Crippen molar-refractivity contribution in [1.29, 1.82) is 0 Å². The Balaban J connectivity index is 1.52. The Morgan fingerprint density at radius 2 is 2.08 bits per heavy atom. The number of hydrogen-bond acceptors (Lipinski definition) is 5. The van der Waals surface area contributed by atoms with Gasteiger partial charge in [0.2, 0.25) is 5.91 Å². The number of aromatic nitrogens is 2. The third-order valence-electron chi connectivity index (χ3n) is 7.80. The average molecular weight is 503 g/mol. The summed E-state index contributed by atoms with van der Waals surface area (Å²) in [5.41, 5.74) is 4.57. The van der Waals surface area contributed by atoms with Gasteiger partial charge in [-0.05, 0) is 36.6 Å². The number of anilines is 1. The van der Waals surface area contributed by atoms with Crippen LogP contribution in [-0.2, 0) is 17.6 Å². The number of aliphatic hydroxyl groups is 1. The molecule has 2 aromatic heterocycles. The summed E-state index contributed by atoms with van der Waals surface area (Å²) in [6, 6.07) is 13.2. The quantitative estimate of drug-likeness (QED) is 0.437. The standard InChI is InChI=1S/C29H31FN4O3/c1-17(35)33-11-5-6-19(15-33)34-16-20(36)14-22-27-21-7-3-4-8-24(21)31-28(27)25(32-29(22)34)13-18-9-10-26(37-2)23(30)12-18/h3-4,7-10,12,19-20,31,36H,5-6,11,13-16H2,1-2H3. The molecule has 0 bridgehead atoms. The highest BCUT2D eigenvalue weighted by atomic mass is 19.1. The van der Waals surface area contributed by atoms with Gasteiger partial charge in [0.15, 0.2) is 11.6 Å². The van der Waals surface area contributed by atoms with Gasteiger partial charge in [0.1, 0.15) is 5.82 Å². The van der Waals surface area contributed by atoms with E-state index < -0.39 is 11.9 Å². The van der Waals surface area contributed by atoms with E-state index in [0.717, 1.165) is 63.8 Å². The van der Waals surface area contributed by atoms with E-state index in [9.17, 15) is 14.3 Å². The number of amides is 1. The van der Waals surface area contributed by atoms with Crippen LogP contribution in [0.3, 0.4) is 0 Å². The first-order chi connectivity index (χ1) is 17.9. The summed E-state index contributed by atoms with van der Waals surface area (Å²) < 4.78 is 19.6. The lowest BCUT2D eigenvalue weighted by atomic mass is 9.93. The largest absolute Gasteiger partial charge is 0.494 e. The van der Waals surface area contributed by atoms with Crippen molar-refractivity contribution in [3.05, 3.63) is 65.1 Å². The number of halogens is 1. The van der Waals surface area contributed by atoms with Gasteiger partial charge in [-0.15, -0.1) is 0 Å². The molecule has 8 heteroatoms. The normalized spacial score (nSPS) is 19.9. The van der Waals surface area contributed by atoms with Crippen LogP contribution in [-0.4, -0.2) is 64.8 Å². The van der Waals surface area contributed by atoms with Crippen LogP contribution in [0.4, 0.5) is 10.2 Å². The Hall–Kier alpha value is -3.65. The molecule has 4 aromatic rings. The summed E-state index contributed by atoms with van der Waals surface area (Å²) in [5.74, 6) is 0.749. The summed E-state index contributed by atoms with van der Waals surface area (Å²) in [6.07, 6.45) is 2.28. The van der Waals surface area contributed by atoms with Crippen LogP contribution in [0.1, 0.15) is 36.6 Å². The fourth-order valence-electron chi connectivity index (χ4n) is 6.04. The Bertz CT molecular complexity index is 1500. The second-order valence-corrected chi connectivity index (χ2v) is 10.2. The molecule has 2 aliphatic heterocycles. The fourth-order valence-corrected chi connectivity index (χ4v) is 6.04. The fraction of sp³-hybridized carbons (Fsp3) is 0.379. The number of para-hydroxylation sites is 1. The van der Waals surface area contributed by atoms with Crippen LogP contribution in [0.15, 0.2) is 42.5 Å². The first kappa shape index (κ1) is 23.7. The minimum atomic E-state index is -0.527. The number of carbonyl (C=O) groups is 1. The molecule has 0 spiro atoms. The van der Waals surface area contributed by atoms with Gasteiger partial charge in [-0.25, -0.2) is 9.37 Å². The number of ether oxygens (including phenoxy) is 1. The van der Waals surface area contributed by atoms with Crippen molar-refractivity contribution in [2.24, 2.45) is 0 Å². The third kappa shape index (κ3) is 4.19. The van der Waals surface area contributed by atoms with E-state index in [0.29, 0.717) is 25.9 Å². The molecule has 7 nitrogen and oxygen atoms in total. The van der Waals surface area contributed by atoms with Gasteiger partial charge in [-0.2, -0.15) is 0 Å². The van der Waals surface area contributed by atoms with Gasteiger partial charge < -0.3 is 24.6 Å². The van der Waals surface area contributed by atoms with Crippen LogP contribution in [0.5, 0.6) is 5.75 Å². The summed E-state index contributed by atoms with van der Waals surface area (Å²) in [7, 11) is 1.46. The Labute approximate surface area is 214 Å². The molecule has 192 valence electrons. The maximum Gasteiger partial charge on any atom is 0.219 e. The number of β-amino-alcohol motifs (C(OH)–C–C–N with tert-alkyl or cyclic N) is 1. The lowest BCUT2D eigenvalue weighted by Gasteiger charge is -2.43. The van der Waals surface area contributed by atoms with Gasteiger partial charge in [0.25, 0.3) is 0 Å². The van der Waals surface area contributed by atoms with Gasteiger partial charge in [-0.1, -0.05) is 24.3 Å². The van der Waals surface area contributed by atoms with Crippen LogP contribution < -0.4 is 9.64 Å². The summed E-state index contributed by atoms with van der Waals surface area (Å²) in [6.45, 7) is 3.47. The molecule has 2 aliphatic rings. The number of piperidine rings is 1. The average Bonchev–Trinajstić information content (AvgIpc) is 3.29. The van der Waals surface area contributed by atoms with Crippen LogP contribution >= 0.6 is 0 Å². The predicted octanol–water partition coefficient (Wildman–Crippen LogP) is 4.19. The van der Waals surface area contributed by atoms with E-state index in [-0.39, 0.29) is 17.7 Å². The highest BCUT2D eigenvalue weighted by Crippen LogP contribution is 2.40. The van der Waals surface area contributed by atoms with E-state index >= 15 is 0 Å². The summed E-state index contributed by atoms with van der Waals surface area (Å²) >= 11 is 0. The molecule has 1 amide bonds. The van der Waals surface area contributed by atoms with Gasteiger partial charge >= 0.3 is 0 Å². The predicted molar refractivity (Wildman–Crippen MR) is 142 cm³/mol. The number of aliphatic hydroxyl groups excluding tert-OH is 1. The highest BCUT2D eigenvalue weighted by molar-refractivity contribution is 6.11. The van der Waals surface area contributed by atoms with Crippen LogP contribution in [0.25, 0.3) is 21.8 Å². The third-order valence-corrected chi connectivity index (χ3v) is 7.80. The summed E-state index contributed by atoms with van der Waals surface area (Å²) in [5, 5.41) is 13.1. The molecular weight excluding hydrogens is 471 g/mol. The number of nitrogens with zero attached hydrogens (tertiary/aromatic N) is 3. The topological polar surface area (TPSA) is 81.7 Å². The Morgan fingerprint density at radius 1 is 1.24 bits per heavy atom. The molecule has 1 fully saturated rings. The second kappa shape index (κ2) is 9.34. The molecule has 4 heterocycles. The van der Waals surface area contributed by atoms with Crippen molar-refractivity contribution in [3.63, 3.8) is 0 Å². The second-order valence-electron chi connectivity index (χ2n) is 10.2. The number of fused-ring (bicyclic) bond motifs is 5. The SMILES string of the molecule is COc1ccc(Cc2nc3c(c4c2[nH]c2ccccc24)CC(O)CN3C2CCCN(C(C)=O)C2)cc1F. The smallest absolute Gasteiger partial charge is 0.219 e. The number of nitrogens with one attached hydrogen (secondary N) is 1. The monoisotopic (exact) mass is 502 g/mol. The molecule has 37 heavy (non-hydrogen) atoms. The number of rotatable bonds is 4. The van der Waals surface area contributed by atoms with E-state index in [1.54, 1.807) is 13.0 Å². The molecule has 2 aromatic carbocycles. The number of pyridine rings is 1. The van der Waals surface area contributed by atoms with E-state index in [2.05, 4.69) is 16.0 Å². The molecule has 0 saturated carbocycles. The zero-order chi connectivity index (χ0) is 25.7. The zero-order valence-corrected chi connectivity index (χ0v) is 21.1. The maximum absolute atomic E-state index is 14.5. The Kier molecular flexibility index (Phi) is 5.99. The first-order valence-corrected chi connectivity index (χ1v) is 12.9. The molecule has 6 rings (SSSR count). The van der Waals surface area contributed by atoms with Crippen molar-refractivity contribution in [2.45, 2.75) is 44.8 Å². The molecule has 2 N–H and O–H groups in total. The lowest BCUT2D eigenvalue weighted by molar-refractivity contribution is -0.130. The molecule has 0 aliphatic carbocycles. The van der Waals surface area contributed by atoms with Crippen molar-refractivity contribution < 1.29 is 19.0 Å². The van der Waals surface area contributed by atoms with Gasteiger partial charge in [0.05, 0.1) is 24.4 Å². The number of likely N-dealkylation sites (tertiary alicyclic amines) is 1. The number of hydrogen-bond donors (Lipinski definition) is 2. The minimum Gasteiger partial charge on any atom is -0.494 e. The maximum atomic E-state index is 14.5. The van der Waals surface area contributed by atoms with Crippen LogP contribution in [0.2, 0.25) is 0 Å². The van der Waals surface area contributed by atoms with E-state index in [4.69, 9.17) is 9.72 Å². The summed E-state index contributed by atoms with van der Waals surface area (Å²) in [4.78, 5) is 25.0. The van der Waals surface area contributed by atoms with E-state index in [1.807, 2.05) is 29.2 Å². The number of aromatic amines is 1. The minimum absolute atomic E-state index is 0.0738. The van der Waals surface area contributed by atoms with Crippen molar-refractivity contribution in [3.8, 4) is 5.75 Å².